The average Bonchev–Trinajstić information content (AvgIpc) is 3.14. The molecule has 0 amide bonds. The first-order chi connectivity index (χ1) is 12.7. The Morgan fingerprint density at radius 2 is 1.69 bits per heavy atom. The molecule has 0 saturated carbocycles. The summed E-state index contributed by atoms with van der Waals surface area (Å²) in [6.07, 6.45) is 5.32. The van der Waals surface area contributed by atoms with Crippen LogP contribution in [0.3, 0.4) is 0 Å². The second-order valence-electron chi connectivity index (χ2n) is 6.03. The Labute approximate surface area is 151 Å². The molecule has 130 valence electrons. The number of nitrogens with zero attached hydrogens (tertiary/aromatic N) is 8. The summed E-state index contributed by atoms with van der Waals surface area (Å²) in [5.41, 5.74) is 0.391. The van der Waals surface area contributed by atoms with Crippen LogP contribution in [0.15, 0.2) is 42.9 Å². The van der Waals surface area contributed by atoms with Crippen LogP contribution in [-0.4, -0.2) is 50.7 Å². The third-order valence-electron chi connectivity index (χ3n) is 4.44. The molecule has 1 aliphatic heterocycles. The van der Waals surface area contributed by atoms with E-state index in [0.717, 1.165) is 43.6 Å². The van der Waals surface area contributed by atoms with Crippen molar-refractivity contribution in [2.75, 3.05) is 36.0 Å². The van der Waals surface area contributed by atoms with Gasteiger partial charge in [0.25, 0.3) is 0 Å². The highest BCUT2D eigenvalue weighted by Crippen LogP contribution is 2.18. The van der Waals surface area contributed by atoms with Gasteiger partial charge in [-0.1, -0.05) is 6.07 Å². The molecule has 0 aromatic carbocycles. The van der Waals surface area contributed by atoms with Crippen molar-refractivity contribution in [2.45, 2.75) is 6.92 Å². The van der Waals surface area contributed by atoms with E-state index in [1.165, 1.54) is 0 Å². The van der Waals surface area contributed by atoms with Gasteiger partial charge in [0.2, 0.25) is 5.95 Å². The zero-order chi connectivity index (χ0) is 17.9. The van der Waals surface area contributed by atoms with E-state index in [9.17, 15) is 0 Å². The van der Waals surface area contributed by atoms with Crippen LogP contribution in [-0.2, 0) is 0 Å². The van der Waals surface area contributed by atoms with Gasteiger partial charge < -0.3 is 9.80 Å². The number of nitriles is 1. The van der Waals surface area contributed by atoms with Crippen molar-refractivity contribution >= 4 is 11.8 Å². The molecule has 4 heterocycles. The van der Waals surface area contributed by atoms with Crippen molar-refractivity contribution in [3.8, 4) is 11.9 Å². The van der Waals surface area contributed by atoms with Crippen molar-refractivity contribution in [3.05, 3.63) is 54.4 Å². The molecule has 0 bridgehead atoms. The number of anilines is 2. The van der Waals surface area contributed by atoms with Gasteiger partial charge in [-0.3, -0.25) is 4.57 Å². The molecule has 8 heteroatoms. The number of hydrogen-bond acceptors (Lipinski definition) is 7. The van der Waals surface area contributed by atoms with Crippen LogP contribution in [0.1, 0.15) is 11.5 Å². The normalized spacial score (nSPS) is 14.3. The zero-order valence-corrected chi connectivity index (χ0v) is 14.4. The number of aromatic nitrogens is 5. The lowest BCUT2D eigenvalue weighted by molar-refractivity contribution is 0.633. The summed E-state index contributed by atoms with van der Waals surface area (Å²) < 4.78 is 1.97. The maximum Gasteiger partial charge on any atom is 0.226 e. The molecule has 0 aliphatic carbocycles. The lowest BCUT2D eigenvalue weighted by Crippen LogP contribution is -2.47. The molecule has 1 saturated heterocycles. The number of hydrogen-bond donors (Lipinski definition) is 0. The van der Waals surface area contributed by atoms with Crippen molar-refractivity contribution in [1.82, 2.24) is 24.5 Å². The monoisotopic (exact) mass is 346 g/mol. The second-order valence-corrected chi connectivity index (χ2v) is 6.03. The van der Waals surface area contributed by atoms with Gasteiger partial charge >= 0.3 is 0 Å². The van der Waals surface area contributed by atoms with Gasteiger partial charge in [0, 0.05) is 44.8 Å². The van der Waals surface area contributed by atoms with Gasteiger partial charge in [0.15, 0.2) is 0 Å². The maximum absolute atomic E-state index is 8.99. The number of aryl methyl sites for hydroxylation is 1. The fraction of sp³-hybridized carbons (Fsp3) is 0.278. The predicted octanol–water partition coefficient (Wildman–Crippen LogP) is 1.56. The van der Waals surface area contributed by atoms with Crippen LogP contribution in [0, 0.1) is 18.3 Å². The summed E-state index contributed by atoms with van der Waals surface area (Å²) >= 11 is 0. The SMILES string of the molecule is Cc1nccn1-c1cccc(N2CCN(c3nccc(C#N)n3)CC2)n1. The van der Waals surface area contributed by atoms with E-state index >= 15 is 0 Å². The molecule has 1 fully saturated rings. The zero-order valence-electron chi connectivity index (χ0n) is 14.4. The topological polar surface area (TPSA) is 86.8 Å². The van der Waals surface area contributed by atoms with Crippen LogP contribution >= 0.6 is 0 Å². The lowest BCUT2D eigenvalue weighted by Gasteiger charge is -2.35. The molecule has 0 atom stereocenters. The van der Waals surface area contributed by atoms with E-state index in [4.69, 9.17) is 10.2 Å². The Hall–Kier alpha value is -3.47. The van der Waals surface area contributed by atoms with Crippen molar-refractivity contribution < 1.29 is 0 Å². The number of imidazole rings is 1. The van der Waals surface area contributed by atoms with Gasteiger partial charge in [-0.25, -0.2) is 19.9 Å². The fourth-order valence-corrected chi connectivity index (χ4v) is 3.04. The third kappa shape index (κ3) is 3.07. The summed E-state index contributed by atoms with van der Waals surface area (Å²) in [4.78, 5) is 22.0. The molecular weight excluding hydrogens is 328 g/mol. The Morgan fingerprint density at radius 1 is 0.923 bits per heavy atom. The predicted molar refractivity (Wildman–Crippen MR) is 97.3 cm³/mol. The van der Waals surface area contributed by atoms with E-state index in [0.29, 0.717) is 11.6 Å². The first-order valence-corrected chi connectivity index (χ1v) is 8.45. The molecule has 3 aromatic heterocycles. The first-order valence-electron chi connectivity index (χ1n) is 8.45. The smallest absolute Gasteiger partial charge is 0.226 e. The first kappa shape index (κ1) is 16.0. The minimum Gasteiger partial charge on any atom is -0.353 e. The number of pyridine rings is 1. The minimum atomic E-state index is 0.391. The fourth-order valence-electron chi connectivity index (χ4n) is 3.04. The Bertz CT molecular complexity index is 950. The molecule has 0 unspecified atom stereocenters. The number of rotatable bonds is 3. The largest absolute Gasteiger partial charge is 0.353 e. The van der Waals surface area contributed by atoms with E-state index in [1.54, 1.807) is 18.5 Å². The van der Waals surface area contributed by atoms with Gasteiger partial charge in [-0.2, -0.15) is 5.26 Å². The van der Waals surface area contributed by atoms with Crippen LogP contribution in [0.5, 0.6) is 0 Å². The molecule has 3 aromatic rings. The van der Waals surface area contributed by atoms with E-state index in [1.807, 2.05) is 35.9 Å². The van der Waals surface area contributed by atoms with Crippen LogP contribution in [0.25, 0.3) is 5.82 Å². The molecule has 0 spiro atoms. The van der Waals surface area contributed by atoms with Gasteiger partial charge in [-0.05, 0) is 25.1 Å². The Morgan fingerprint density at radius 3 is 2.42 bits per heavy atom. The van der Waals surface area contributed by atoms with Crippen molar-refractivity contribution in [2.24, 2.45) is 0 Å². The molecule has 4 rings (SSSR count). The Kier molecular flexibility index (Phi) is 4.19. The number of piperazine rings is 1. The third-order valence-corrected chi connectivity index (χ3v) is 4.44. The summed E-state index contributed by atoms with van der Waals surface area (Å²) in [6, 6.07) is 9.70. The lowest BCUT2D eigenvalue weighted by atomic mass is 10.3. The molecular formula is C18H18N8. The molecule has 1 aliphatic rings. The average molecular weight is 346 g/mol. The molecule has 0 N–H and O–H groups in total. The van der Waals surface area contributed by atoms with Crippen LogP contribution in [0.4, 0.5) is 11.8 Å². The Balaban J connectivity index is 1.48. The van der Waals surface area contributed by atoms with Gasteiger partial charge in [0.1, 0.15) is 29.2 Å². The van der Waals surface area contributed by atoms with E-state index in [-0.39, 0.29) is 0 Å². The van der Waals surface area contributed by atoms with Gasteiger partial charge in [-0.15, -0.1) is 0 Å². The summed E-state index contributed by atoms with van der Waals surface area (Å²) in [7, 11) is 0. The highest BCUT2D eigenvalue weighted by Gasteiger charge is 2.20. The quantitative estimate of drug-likeness (QED) is 0.711. The minimum absolute atomic E-state index is 0.391. The van der Waals surface area contributed by atoms with E-state index in [2.05, 4.69) is 30.8 Å². The highest BCUT2D eigenvalue weighted by atomic mass is 15.3. The van der Waals surface area contributed by atoms with Gasteiger partial charge in [0.05, 0.1) is 0 Å². The van der Waals surface area contributed by atoms with Crippen LogP contribution in [0.2, 0.25) is 0 Å². The van der Waals surface area contributed by atoms with E-state index < -0.39 is 0 Å². The highest BCUT2D eigenvalue weighted by molar-refractivity contribution is 5.46. The summed E-state index contributed by atoms with van der Waals surface area (Å²) in [5.74, 6) is 3.33. The molecule has 26 heavy (non-hydrogen) atoms. The standard InChI is InChI=1S/C18H18N8/c1-14-20-7-8-26(14)17-4-2-3-16(23-17)24-9-11-25(12-10-24)18-21-6-5-15(13-19)22-18/h2-8H,9-12H2,1H3. The molecule has 8 nitrogen and oxygen atoms in total. The summed E-state index contributed by atoms with van der Waals surface area (Å²) in [5, 5.41) is 8.99. The summed E-state index contributed by atoms with van der Waals surface area (Å²) in [6.45, 7) is 5.16. The van der Waals surface area contributed by atoms with Crippen LogP contribution < -0.4 is 9.80 Å². The van der Waals surface area contributed by atoms with Crippen molar-refractivity contribution in [1.29, 1.82) is 5.26 Å². The molecule has 0 radical (unpaired) electrons. The van der Waals surface area contributed by atoms with Crippen molar-refractivity contribution in [3.63, 3.8) is 0 Å². The maximum atomic E-state index is 8.99. The second kappa shape index (κ2) is 6.80.